The summed E-state index contributed by atoms with van der Waals surface area (Å²) in [6.45, 7) is 3.47. The normalized spacial score (nSPS) is 19.3. The van der Waals surface area contributed by atoms with Crippen LogP contribution in [0.5, 0.6) is 0 Å². The minimum atomic E-state index is -1.47. The van der Waals surface area contributed by atoms with Gasteiger partial charge < -0.3 is 15.2 Å². The Balaban J connectivity index is 2.60. The van der Waals surface area contributed by atoms with Crippen LogP contribution in [0.25, 0.3) is 0 Å². The van der Waals surface area contributed by atoms with Gasteiger partial charge in [-0.25, -0.2) is 0 Å². The van der Waals surface area contributed by atoms with Gasteiger partial charge in [-0.15, -0.1) is 0 Å². The minimum Gasteiger partial charge on any atom is -0.480 e. The van der Waals surface area contributed by atoms with E-state index in [2.05, 4.69) is 5.32 Å². The summed E-state index contributed by atoms with van der Waals surface area (Å²) in [7, 11) is 0. The molecule has 1 amide bonds. The number of hydrogen-bond acceptors (Lipinski definition) is 3. The molecule has 0 aromatic carbocycles. The van der Waals surface area contributed by atoms with Crippen molar-refractivity contribution in [1.29, 1.82) is 0 Å². The lowest BCUT2D eigenvalue weighted by atomic mass is 9.90. The fraction of sp³-hybridized carbons (Fsp3) is 0.800. The standard InChI is InChI=1S/C10H17NO4/c1-3-15-6-10(2,9(13)14)8(12)11-7-4-5-7/h7H,3-6H2,1-2H3,(H,11,12)(H,13,14). The van der Waals surface area contributed by atoms with Crippen molar-refractivity contribution in [2.75, 3.05) is 13.2 Å². The molecule has 1 unspecified atom stereocenters. The number of rotatable bonds is 6. The second-order valence-electron chi connectivity index (χ2n) is 4.02. The molecule has 5 nitrogen and oxygen atoms in total. The molecule has 5 heteroatoms. The van der Waals surface area contributed by atoms with E-state index >= 15 is 0 Å². The van der Waals surface area contributed by atoms with E-state index in [1.807, 2.05) is 0 Å². The molecule has 15 heavy (non-hydrogen) atoms. The van der Waals surface area contributed by atoms with Crippen molar-refractivity contribution >= 4 is 11.9 Å². The molecule has 0 aromatic rings. The fourth-order valence-corrected chi connectivity index (χ4v) is 1.10. The summed E-state index contributed by atoms with van der Waals surface area (Å²) in [6.07, 6.45) is 1.88. The molecule has 1 saturated carbocycles. The van der Waals surface area contributed by atoms with Crippen molar-refractivity contribution in [2.45, 2.75) is 32.7 Å². The van der Waals surface area contributed by atoms with Gasteiger partial charge in [-0.3, -0.25) is 9.59 Å². The quantitative estimate of drug-likeness (QED) is 0.628. The van der Waals surface area contributed by atoms with Crippen LogP contribution in [0.3, 0.4) is 0 Å². The molecular formula is C10H17NO4. The Morgan fingerprint density at radius 3 is 2.53 bits per heavy atom. The molecule has 0 spiro atoms. The maximum Gasteiger partial charge on any atom is 0.321 e. The van der Waals surface area contributed by atoms with Crippen LogP contribution in [0.1, 0.15) is 26.7 Å². The first kappa shape index (κ1) is 12.0. The Kier molecular flexibility index (Phi) is 3.68. The summed E-state index contributed by atoms with van der Waals surface area (Å²) in [5, 5.41) is 11.7. The van der Waals surface area contributed by atoms with Crippen molar-refractivity contribution < 1.29 is 19.4 Å². The van der Waals surface area contributed by atoms with Gasteiger partial charge in [0.25, 0.3) is 0 Å². The number of amides is 1. The predicted octanol–water partition coefficient (Wildman–Crippen LogP) is 0.392. The van der Waals surface area contributed by atoms with Crippen molar-refractivity contribution in [3.05, 3.63) is 0 Å². The average Bonchev–Trinajstić information content (AvgIpc) is 2.97. The first-order chi connectivity index (χ1) is 7.00. The van der Waals surface area contributed by atoms with E-state index in [-0.39, 0.29) is 12.6 Å². The van der Waals surface area contributed by atoms with E-state index in [1.54, 1.807) is 6.92 Å². The van der Waals surface area contributed by atoms with Crippen molar-refractivity contribution in [3.8, 4) is 0 Å². The van der Waals surface area contributed by atoms with E-state index in [9.17, 15) is 9.59 Å². The summed E-state index contributed by atoms with van der Waals surface area (Å²) in [5.41, 5.74) is -1.47. The van der Waals surface area contributed by atoms with Crippen LogP contribution in [0, 0.1) is 5.41 Å². The highest BCUT2D eigenvalue weighted by atomic mass is 16.5. The molecule has 1 rings (SSSR count). The van der Waals surface area contributed by atoms with Gasteiger partial charge in [0.1, 0.15) is 0 Å². The SMILES string of the molecule is CCOCC(C)(C(=O)O)C(=O)NC1CC1. The molecule has 1 aliphatic rings. The first-order valence-electron chi connectivity index (χ1n) is 5.13. The summed E-state index contributed by atoms with van der Waals surface area (Å²) >= 11 is 0. The molecule has 1 aliphatic carbocycles. The Bertz CT molecular complexity index is 262. The van der Waals surface area contributed by atoms with Crippen molar-refractivity contribution in [2.24, 2.45) is 5.41 Å². The topological polar surface area (TPSA) is 75.6 Å². The van der Waals surface area contributed by atoms with Gasteiger partial charge >= 0.3 is 5.97 Å². The smallest absolute Gasteiger partial charge is 0.321 e. The number of carboxylic acids is 1. The zero-order chi connectivity index (χ0) is 11.5. The number of hydrogen-bond donors (Lipinski definition) is 2. The van der Waals surface area contributed by atoms with Crippen LogP contribution in [0.4, 0.5) is 0 Å². The number of ether oxygens (including phenoxy) is 1. The molecule has 0 radical (unpaired) electrons. The monoisotopic (exact) mass is 215 g/mol. The molecular weight excluding hydrogens is 198 g/mol. The van der Waals surface area contributed by atoms with E-state index in [0.29, 0.717) is 6.61 Å². The van der Waals surface area contributed by atoms with Crippen molar-refractivity contribution in [1.82, 2.24) is 5.32 Å². The van der Waals surface area contributed by atoms with Crippen LogP contribution in [-0.4, -0.2) is 36.2 Å². The molecule has 0 bridgehead atoms. The third kappa shape index (κ3) is 2.92. The summed E-state index contributed by atoms with van der Waals surface area (Å²) in [4.78, 5) is 22.7. The Hall–Kier alpha value is -1.10. The number of carbonyl (C=O) groups excluding carboxylic acids is 1. The Morgan fingerprint density at radius 2 is 2.13 bits per heavy atom. The summed E-state index contributed by atoms with van der Waals surface area (Å²) in [6, 6.07) is 0.165. The second kappa shape index (κ2) is 4.61. The number of carbonyl (C=O) groups is 2. The zero-order valence-electron chi connectivity index (χ0n) is 9.08. The van der Waals surface area contributed by atoms with Crippen LogP contribution in [-0.2, 0) is 14.3 Å². The van der Waals surface area contributed by atoms with Gasteiger partial charge in [0.15, 0.2) is 5.41 Å². The van der Waals surface area contributed by atoms with Gasteiger partial charge in [0, 0.05) is 12.6 Å². The number of aliphatic carboxylic acids is 1. The third-order valence-corrected chi connectivity index (χ3v) is 2.48. The largest absolute Gasteiger partial charge is 0.480 e. The van der Waals surface area contributed by atoms with Gasteiger partial charge in [0.2, 0.25) is 5.91 Å². The van der Waals surface area contributed by atoms with E-state index < -0.39 is 17.3 Å². The third-order valence-electron chi connectivity index (χ3n) is 2.48. The maximum atomic E-state index is 11.7. The molecule has 0 heterocycles. The van der Waals surface area contributed by atoms with Crippen LogP contribution >= 0.6 is 0 Å². The highest BCUT2D eigenvalue weighted by molar-refractivity contribution is 6.01. The molecule has 86 valence electrons. The lowest BCUT2D eigenvalue weighted by Crippen LogP contribution is -2.48. The Morgan fingerprint density at radius 1 is 1.53 bits per heavy atom. The van der Waals surface area contributed by atoms with Gasteiger partial charge in [-0.1, -0.05) is 0 Å². The summed E-state index contributed by atoms with van der Waals surface area (Å²) in [5.74, 6) is -1.60. The van der Waals surface area contributed by atoms with Gasteiger partial charge in [-0.05, 0) is 26.7 Å². The Labute approximate surface area is 88.8 Å². The molecule has 0 aliphatic heterocycles. The predicted molar refractivity (Wildman–Crippen MR) is 53.4 cm³/mol. The molecule has 2 N–H and O–H groups in total. The highest BCUT2D eigenvalue weighted by Crippen LogP contribution is 2.23. The van der Waals surface area contributed by atoms with Crippen LogP contribution in [0.15, 0.2) is 0 Å². The summed E-state index contributed by atoms with van der Waals surface area (Å²) < 4.78 is 5.04. The van der Waals surface area contributed by atoms with Crippen LogP contribution in [0.2, 0.25) is 0 Å². The zero-order valence-corrected chi connectivity index (χ0v) is 9.08. The van der Waals surface area contributed by atoms with Gasteiger partial charge in [-0.2, -0.15) is 0 Å². The lowest BCUT2D eigenvalue weighted by molar-refractivity contribution is -0.158. The fourth-order valence-electron chi connectivity index (χ4n) is 1.10. The first-order valence-corrected chi connectivity index (χ1v) is 5.13. The number of carboxylic acid groups (broad SMARTS) is 1. The van der Waals surface area contributed by atoms with E-state index in [1.165, 1.54) is 6.92 Å². The molecule has 1 atom stereocenters. The lowest BCUT2D eigenvalue weighted by Gasteiger charge is -2.23. The van der Waals surface area contributed by atoms with E-state index in [0.717, 1.165) is 12.8 Å². The maximum absolute atomic E-state index is 11.7. The van der Waals surface area contributed by atoms with Crippen molar-refractivity contribution in [3.63, 3.8) is 0 Å². The van der Waals surface area contributed by atoms with E-state index in [4.69, 9.17) is 9.84 Å². The molecule has 0 saturated heterocycles. The molecule has 0 aromatic heterocycles. The van der Waals surface area contributed by atoms with Crippen LogP contribution < -0.4 is 5.32 Å². The average molecular weight is 215 g/mol. The minimum absolute atomic E-state index is 0.0859. The van der Waals surface area contributed by atoms with Gasteiger partial charge in [0.05, 0.1) is 6.61 Å². The number of nitrogens with one attached hydrogen (secondary N) is 1. The second-order valence-corrected chi connectivity index (χ2v) is 4.02. The highest BCUT2D eigenvalue weighted by Gasteiger charge is 2.43. The molecule has 1 fully saturated rings.